The second-order valence-electron chi connectivity index (χ2n) is 7.09. The van der Waals surface area contributed by atoms with Crippen molar-refractivity contribution in [1.82, 2.24) is 20.4 Å². The maximum absolute atomic E-state index is 13.3. The van der Waals surface area contributed by atoms with Gasteiger partial charge in [-0.1, -0.05) is 29.6 Å². The van der Waals surface area contributed by atoms with Gasteiger partial charge in [0.25, 0.3) is 0 Å². The van der Waals surface area contributed by atoms with Gasteiger partial charge in [0.1, 0.15) is 0 Å². The lowest BCUT2D eigenvalue weighted by atomic mass is 10.1. The normalized spacial score (nSPS) is 15.8. The summed E-state index contributed by atoms with van der Waals surface area (Å²) in [4.78, 5) is 21.4. The van der Waals surface area contributed by atoms with Crippen molar-refractivity contribution in [2.75, 3.05) is 0 Å². The van der Waals surface area contributed by atoms with Crippen molar-refractivity contribution in [1.29, 1.82) is 0 Å². The maximum atomic E-state index is 13.3. The number of nitrogens with one attached hydrogen (secondary N) is 1. The molecule has 1 aliphatic rings. The minimum Gasteiger partial charge on any atom is -0.346 e. The van der Waals surface area contributed by atoms with Crippen molar-refractivity contribution in [2.24, 2.45) is 0 Å². The van der Waals surface area contributed by atoms with E-state index in [1.807, 2.05) is 0 Å². The van der Waals surface area contributed by atoms with E-state index < -0.39 is 20.5 Å². The lowest BCUT2D eigenvalue weighted by molar-refractivity contribution is -0.123. The molecule has 0 saturated heterocycles. The molecule has 0 spiro atoms. The molecule has 2 heterocycles. The van der Waals surface area contributed by atoms with Gasteiger partial charge < -0.3 is 9.84 Å². The highest BCUT2D eigenvalue weighted by Gasteiger charge is 2.52. The van der Waals surface area contributed by atoms with Crippen LogP contribution in [0.5, 0.6) is 0 Å². The zero-order valence-corrected chi connectivity index (χ0v) is 17.5. The highest BCUT2D eigenvalue weighted by Crippen LogP contribution is 2.41. The van der Waals surface area contributed by atoms with Crippen molar-refractivity contribution < 1.29 is 17.7 Å². The molecule has 1 saturated carbocycles. The summed E-state index contributed by atoms with van der Waals surface area (Å²) in [6.07, 6.45) is 5.06. The van der Waals surface area contributed by atoms with Crippen LogP contribution in [0.2, 0.25) is 5.02 Å². The fourth-order valence-electron chi connectivity index (χ4n) is 3.67. The number of halogens is 1. The van der Waals surface area contributed by atoms with Gasteiger partial charge in [-0.05, 0) is 49.2 Å². The van der Waals surface area contributed by atoms with Gasteiger partial charge >= 0.3 is 0 Å². The third-order valence-corrected chi connectivity index (χ3v) is 8.04. The van der Waals surface area contributed by atoms with Crippen molar-refractivity contribution >= 4 is 27.3 Å². The summed E-state index contributed by atoms with van der Waals surface area (Å²) in [5.74, 6) is -0.00294. The Bertz CT molecular complexity index is 1140. The number of benzene rings is 1. The van der Waals surface area contributed by atoms with Crippen LogP contribution in [0.4, 0.5) is 0 Å². The third kappa shape index (κ3) is 3.70. The Labute approximate surface area is 178 Å². The maximum Gasteiger partial charge on any atom is 0.246 e. The first kappa shape index (κ1) is 20.5. The predicted octanol–water partition coefficient (Wildman–Crippen LogP) is 3.19. The summed E-state index contributed by atoms with van der Waals surface area (Å²) in [6, 6.07) is 9.36. The van der Waals surface area contributed by atoms with Gasteiger partial charge in [0, 0.05) is 23.0 Å². The van der Waals surface area contributed by atoms with Gasteiger partial charge in [0.15, 0.2) is 14.6 Å². The van der Waals surface area contributed by atoms with Crippen LogP contribution in [0.3, 0.4) is 0 Å². The van der Waals surface area contributed by atoms with Crippen molar-refractivity contribution in [3.63, 3.8) is 0 Å². The van der Waals surface area contributed by atoms with Gasteiger partial charge in [-0.15, -0.1) is 0 Å². The molecule has 1 fully saturated rings. The lowest BCUT2D eigenvalue weighted by Gasteiger charge is -2.27. The third-order valence-electron chi connectivity index (χ3n) is 5.27. The summed E-state index contributed by atoms with van der Waals surface area (Å²) in [6.45, 7) is -0.0607. The number of aromatic nitrogens is 3. The highest BCUT2D eigenvalue weighted by molar-refractivity contribution is 7.93. The minimum atomic E-state index is -3.90. The molecular formula is C20H19ClN4O4S. The van der Waals surface area contributed by atoms with E-state index in [0.29, 0.717) is 23.7 Å². The molecule has 0 aliphatic heterocycles. The number of pyridine rings is 1. The number of carbonyl (C=O) groups is 1. The minimum absolute atomic E-state index is 0.0607. The smallest absolute Gasteiger partial charge is 0.246 e. The Kier molecular flexibility index (Phi) is 5.57. The van der Waals surface area contributed by atoms with Crippen molar-refractivity contribution in [3.05, 3.63) is 59.7 Å². The molecule has 0 radical (unpaired) electrons. The van der Waals surface area contributed by atoms with Crippen LogP contribution in [-0.4, -0.2) is 34.2 Å². The topological polar surface area (TPSA) is 115 Å². The van der Waals surface area contributed by atoms with E-state index >= 15 is 0 Å². The monoisotopic (exact) mass is 446 g/mol. The van der Waals surface area contributed by atoms with E-state index in [2.05, 4.69) is 20.4 Å². The molecule has 1 amide bonds. The highest BCUT2D eigenvalue weighted by atomic mass is 35.5. The van der Waals surface area contributed by atoms with Crippen LogP contribution < -0.4 is 5.32 Å². The summed E-state index contributed by atoms with van der Waals surface area (Å²) in [7, 11) is -3.90. The van der Waals surface area contributed by atoms with Crippen LogP contribution >= 0.6 is 11.6 Å². The largest absolute Gasteiger partial charge is 0.346 e. The van der Waals surface area contributed by atoms with Gasteiger partial charge in [0.2, 0.25) is 17.6 Å². The summed E-state index contributed by atoms with van der Waals surface area (Å²) < 4.78 is 30.4. The zero-order chi connectivity index (χ0) is 21.2. The molecule has 30 heavy (non-hydrogen) atoms. The first-order valence-electron chi connectivity index (χ1n) is 9.44. The number of nitrogens with zero attached hydrogens (tertiary/aromatic N) is 3. The molecule has 1 aliphatic carbocycles. The van der Waals surface area contributed by atoms with Crippen LogP contribution in [0.1, 0.15) is 31.6 Å². The Balaban J connectivity index is 1.53. The average Bonchev–Trinajstić information content (AvgIpc) is 3.44. The van der Waals surface area contributed by atoms with Gasteiger partial charge in [-0.2, -0.15) is 4.98 Å². The number of hydrogen-bond acceptors (Lipinski definition) is 7. The van der Waals surface area contributed by atoms with E-state index in [-0.39, 0.29) is 30.2 Å². The molecule has 1 aromatic carbocycles. The number of carbonyl (C=O) groups excluding carboxylic acids is 1. The van der Waals surface area contributed by atoms with Gasteiger partial charge in [-0.25, -0.2) is 8.42 Å². The van der Waals surface area contributed by atoms with E-state index in [1.54, 1.807) is 24.5 Å². The molecule has 156 valence electrons. The molecule has 1 N–H and O–H groups in total. The Morgan fingerprint density at radius 1 is 1.10 bits per heavy atom. The summed E-state index contributed by atoms with van der Waals surface area (Å²) in [5, 5.41) is 7.00. The lowest BCUT2D eigenvalue weighted by Crippen LogP contribution is -2.50. The summed E-state index contributed by atoms with van der Waals surface area (Å²) in [5.41, 5.74) is 0.726. The number of hydrogen-bond donors (Lipinski definition) is 1. The first-order valence-corrected chi connectivity index (χ1v) is 11.3. The SMILES string of the molecule is O=C(NCc1nc(-c2ccncc2)no1)C1(S(=O)(=O)c2ccc(Cl)cc2)CCCC1. The van der Waals surface area contributed by atoms with Crippen molar-refractivity contribution in [2.45, 2.75) is 41.9 Å². The van der Waals surface area contributed by atoms with Crippen molar-refractivity contribution in [3.8, 4) is 11.4 Å². The molecule has 0 bridgehead atoms. The molecule has 4 rings (SSSR count). The average molecular weight is 447 g/mol. The first-order chi connectivity index (χ1) is 14.4. The molecule has 2 aromatic heterocycles. The molecule has 3 aromatic rings. The van der Waals surface area contributed by atoms with Crippen LogP contribution in [0.15, 0.2) is 58.2 Å². The Morgan fingerprint density at radius 2 is 1.77 bits per heavy atom. The molecular weight excluding hydrogens is 428 g/mol. The van der Waals surface area contributed by atoms with E-state index in [4.69, 9.17) is 16.1 Å². The zero-order valence-electron chi connectivity index (χ0n) is 15.9. The quantitative estimate of drug-likeness (QED) is 0.618. The fourth-order valence-corrected chi connectivity index (χ4v) is 5.88. The van der Waals surface area contributed by atoms with Crippen LogP contribution in [0, 0.1) is 0 Å². The van der Waals surface area contributed by atoms with E-state index in [1.165, 1.54) is 24.3 Å². The number of amides is 1. The van der Waals surface area contributed by atoms with Gasteiger partial charge in [-0.3, -0.25) is 9.78 Å². The van der Waals surface area contributed by atoms with Crippen LogP contribution in [-0.2, 0) is 21.2 Å². The number of sulfone groups is 1. The van der Waals surface area contributed by atoms with Gasteiger partial charge in [0.05, 0.1) is 11.4 Å². The Morgan fingerprint density at radius 3 is 2.43 bits per heavy atom. The molecule has 8 nitrogen and oxygen atoms in total. The predicted molar refractivity (Wildman–Crippen MR) is 109 cm³/mol. The van der Waals surface area contributed by atoms with E-state index in [0.717, 1.165) is 5.56 Å². The molecule has 10 heteroatoms. The molecule has 0 atom stereocenters. The standard InChI is InChI=1S/C20H19ClN4O4S/c21-15-3-5-16(6-4-15)30(27,28)20(9-1-2-10-20)19(26)23-13-17-24-18(25-29-17)14-7-11-22-12-8-14/h3-8,11-12H,1-2,9-10,13H2,(H,23,26). The van der Waals surface area contributed by atoms with E-state index in [9.17, 15) is 13.2 Å². The second kappa shape index (κ2) is 8.16. The second-order valence-corrected chi connectivity index (χ2v) is 9.79. The fraction of sp³-hybridized carbons (Fsp3) is 0.300. The van der Waals surface area contributed by atoms with Crippen LogP contribution in [0.25, 0.3) is 11.4 Å². The summed E-state index contributed by atoms with van der Waals surface area (Å²) >= 11 is 5.88. The number of rotatable bonds is 6. The molecule has 0 unspecified atom stereocenters. The Hall–Kier alpha value is -2.78.